The van der Waals surface area contributed by atoms with Crippen molar-refractivity contribution in [3.05, 3.63) is 30.6 Å². The molecular formula is C17H24N4. The Hall–Kier alpha value is -1.68. The highest BCUT2D eigenvalue weighted by atomic mass is 15.2. The zero-order valence-electron chi connectivity index (χ0n) is 12.7. The van der Waals surface area contributed by atoms with Crippen LogP contribution in [0.1, 0.15) is 32.6 Å². The van der Waals surface area contributed by atoms with Gasteiger partial charge < -0.3 is 10.6 Å². The summed E-state index contributed by atoms with van der Waals surface area (Å²) in [6.07, 6.45) is 6.73. The van der Waals surface area contributed by atoms with E-state index in [1.54, 1.807) is 6.33 Å². The van der Waals surface area contributed by atoms with Crippen LogP contribution in [0.15, 0.2) is 30.6 Å². The second-order valence-electron chi connectivity index (χ2n) is 5.85. The Morgan fingerprint density at radius 2 is 2.00 bits per heavy atom. The van der Waals surface area contributed by atoms with Gasteiger partial charge in [-0.2, -0.15) is 0 Å². The number of nitrogens with zero attached hydrogens (tertiary/aromatic N) is 3. The summed E-state index contributed by atoms with van der Waals surface area (Å²) in [5, 5.41) is 1.14. The molecule has 3 rings (SSSR count). The molecule has 1 aliphatic rings. The summed E-state index contributed by atoms with van der Waals surface area (Å²) in [6, 6.07) is 8.76. The molecule has 2 unspecified atom stereocenters. The van der Waals surface area contributed by atoms with Gasteiger partial charge in [0.1, 0.15) is 12.1 Å². The van der Waals surface area contributed by atoms with Gasteiger partial charge in [0.2, 0.25) is 0 Å². The molecule has 1 heterocycles. The molecule has 1 fully saturated rings. The third-order valence-corrected chi connectivity index (χ3v) is 4.71. The molecule has 0 aliphatic heterocycles. The summed E-state index contributed by atoms with van der Waals surface area (Å²) in [6.45, 7) is 3.94. The van der Waals surface area contributed by atoms with E-state index in [1.165, 1.54) is 25.7 Å². The molecule has 0 amide bonds. The molecule has 4 heteroatoms. The molecule has 2 N–H and O–H groups in total. The van der Waals surface area contributed by atoms with Crippen LogP contribution in [-0.4, -0.2) is 29.1 Å². The third kappa shape index (κ3) is 2.72. The predicted octanol–water partition coefficient (Wildman–Crippen LogP) is 2.97. The van der Waals surface area contributed by atoms with Crippen molar-refractivity contribution in [3.8, 4) is 0 Å². The van der Waals surface area contributed by atoms with Gasteiger partial charge in [0.15, 0.2) is 0 Å². The fraction of sp³-hybridized carbons (Fsp3) is 0.529. The Morgan fingerprint density at radius 1 is 1.19 bits per heavy atom. The SMILES string of the molecule is CCN(c1ncnc2ccccc12)C1CCCCC1CN. The maximum Gasteiger partial charge on any atom is 0.140 e. The van der Waals surface area contributed by atoms with E-state index in [0.29, 0.717) is 12.0 Å². The summed E-state index contributed by atoms with van der Waals surface area (Å²) >= 11 is 0. The van der Waals surface area contributed by atoms with Crippen molar-refractivity contribution in [1.82, 2.24) is 9.97 Å². The fourth-order valence-electron chi connectivity index (χ4n) is 3.63. The highest BCUT2D eigenvalue weighted by Gasteiger charge is 2.30. The van der Waals surface area contributed by atoms with Crippen LogP contribution in [0.25, 0.3) is 10.9 Å². The van der Waals surface area contributed by atoms with E-state index in [0.717, 1.165) is 29.8 Å². The van der Waals surface area contributed by atoms with Gasteiger partial charge in [-0.25, -0.2) is 9.97 Å². The quantitative estimate of drug-likeness (QED) is 0.938. The second-order valence-corrected chi connectivity index (χ2v) is 5.85. The van der Waals surface area contributed by atoms with Crippen molar-refractivity contribution in [2.75, 3.05) is 18.0 Å². The normalized spacial score (nSPS) is 22.4. The first-order valence-electron chi connectivity index (χ1n) is 8.01. The molecular weight excluding hydrogens is 260 g/mol. The smallest absolute Gasteiger partial charge is 0.140 e. The van der Waals surface area contributed by atoms with E-state index >= 15 is 0 Å². The average molecular weight is 284 g/mol. The summed E-state index contributed by atoms with van der Waals surface area (Å²) in [4.78, 5) is 11.4. The van der Waals surface area contributed by atoms with Crippen molar-refractivity contribution in [3.63, 3.8) is 0 Å². The van der Waals surface area contributed by atoms with Gasteiger partial charge in [-0.3, -0.25) is 0 Å². The maximum absolute atomic E-state index is 6.02. The molecule has 0 spiro atoms. The van der Waals surface area contributed by atoms with Crippen LogP contribution in [0.5, 0.6) is 0 Å². The van der Waals surface area contributed by atoms with Crippen LogP contribution in [0.3, 0.4) is 0 Å². The molecule has 112 valence electrons. The van der Waals surface area contributed by atoms with Gasteiger partial charge in [0.25, 0.3) is 0 Å². The molecule has 1 aromatic heterocycles. The predicted molar refractivity (Wildman–Crippen MR) is 87.4 cm³/mol. The van der Waals surface area contributed by atoms with Gasteiger partial charge in [-0.15, -0.1) is 0 Å². The monoisotopic (exact) mass is 284 g/mol. The van der Waals surface area contributed by atoms with E-state index in [1.807, 2.05) is 6.07 Å². The number of anilines is 1. The van der Waals surface area contributed by atoms with E-state index < -0.39 is 0 Å². The molecule has 1 aliphatic carbocycles. The van der Waals surface area contributed by atoms with E-state index in [9.17, 15) is 0 Å². The standard InChI is InChI=1S/C17H24N4/c1-2-21(16-10-6-3-7-13(16)11-18)17-14-8-4-5-9-15(14)19-12-20-17/h4-5,8-9,12-13,16H,2-3,6-7,10-11,18H2,1H3. The lowest BCUT2D eigenvalue weighted by Gasteiger charge is -2.40. The van der Waals surface area contributed by atoms with Crippen LogP contribution in [0.4, 0.5) is 5.82 Å². The van der Waals surface area contributed by atoms with Crippen LogP contribution < -0.4 is 10.6 Å². The third-order valence-electron chi connectivity index (χ3n) is 4.71. The van der Waals surface area contributed by atoms with Gasteiger partial charge in [0, 0.05) is 18.0 Å². The summed E-state index contributed by atoms with van der Waals surface area (Å²) < 4.78 is 0. The number of hydrogen-bond acceptors (Lipinski definition) is 4. The minimum absolute atomic E-state index is 0.507. The first-order valence-corrected chi connectivity index (χ1v) is 8.01. The summed E-state index contributed by atoms with van der Waals surface area (Å²) in [5.41, 5.74) is 7.03. The first kappa shape index (κ1) is 14.3. The summed E-state index contributed by atoms with van der Waals surface area (Å²) in [7, 11) is 0. The minimum atomic E-state index is 0.507. The molecule has 1 aromatic carbocycles. The Morgan fingerprint density at radius 3 is 2.81 bits per heavy atom. The number of aromatic nitrogens is 2. The number of fused-ring (bicyclic) bond motifs is 1. The fourth-order valence-corrected chi connectivity index (χ4v) is 3.63. The minimum Gasteiger partial charge on any atom is -0.353 e. The second kappa shape index (κ2) is 6.39. The molecule has 2 aromatic rings. The van der Waals surface area contributed by atoms with Crippen LogP contribution in [0, 0.1) is 5.92 Å². The highest BCUT2D eigenvalue weighted by molar-refractivity contribution is 5.89. The van der Waals surface area contributed by atoms with Crippen molar-refractivity contribution in [2.45, 2.75) is 38.6 Å². The zero-order chi connectivity index (χ0) is 14.7. The number of benzene rings is 1. The van der Waals surface area contributed by atoms with Gasteiger partial charge >= 0.3 is 0 Å². The lowest BCUT2D eigenvalue weighted by atomic mass is 9.83. The maximum atomic E-state index is 6.02. The van der Waals surface area contributed by atoms with E-state index in [2.05, 4.69) is 40.0 Å². The Kier molecular flexibility index (Phi) is 4.34. The first-order chi connectivity index (χ1) is 10.3. The number of rotatable bonds is 4. The van der Waals surface area contributed by atoms with Crippen molar-refractivity contribution in [2.24, 2.45) is 11.7 Å². The van der Waals surface area contributed by atoms with Crippen LogP contribution >= 0.6 is 0 Å². The van der Waals surface area contributed by atoms with Gasteiger partial charge in [-0.1, -0.05) is 25.0 Å². The van der Waals surface area contributed by atoms with Crippen LogP contribution in [-0.2, 0) is 0 Å². The number of para-hydroxylation sites is 1. The van der Waals surface area contributed by atoms with Crippen molar-refractivity contribution >= 4 is 16.7 Å². The summed E-state index contributed by atoms with van der Waals surface area (Å²) in [5.74, 6) is 1.64. The van der Waals surface area contributed by atoms with Crippen molar-refractivity contribution < 1.29 is 0 Å². The lowest BCUT2D eigenvalue weighted by molar-refractivity contribution is 0.300. The van der Waals surface area contributed by atoms with Gasteiger partial charge in [0.05, 0.1) is 5.52 Å². The highest BCUT2D eigenvalue weighted by Crippen LogP contribution is 2.32. The molecule has 21 heavy (non-hydrogen) atoms. The van der Waals surface area contributed by atoms with E-state index in [-0.39, 0.29) is 0 Å². The van der Waals surface area contributed by atoms with Crippen LogP contribution in [0.2, 0.25) is 0 Å². The molecule has 0 bridgehead atoms. The number of hydrogen-bond donors (Lipinski definition) is 1. The Bertz CT molecular complexity index is 593. The molecule has 2 atom stereocenters. The van der Waals surface area contributed by atoms with Gasteiger partial charge in [-0.05, 0) is 44.4 Å². The Balaban J connectivity index is 2.01. The molecule has 0 radical (unpaired) electrons. The zero-order valence-corrected chi connectivity index (χ0v) is 12.7. The topological polar surface area (TPSA) is 55.0 Å². The molecule has 0 saturated heterocycles. The molecule has 1 saturated carbocycles. The average Bonchev–Trinajstić information content (AvgIpc) is 2.56. The molecule has 4 nitrogen and oxygen atoms in total. The van der Waals surface area contributed by atoms with E-state index in [4.69, 9.17) is 5.73 Å². The number of nitrogens with two attached hydrogens (primary N) is 1. The largest absolute Gasteiger partial charge is 0.353 e. The lowest BCUT2D eigenvalue weighted by Crippen LogP contribution is -2.45. The van der Waals surface area contributed by atoms with Crippen molar-refractivity contribution in [1.29, 1.82) is 0 Å². The Labute approximate surface area is 126 Å².